The molecule has 2 N–H and O–H groups in total. The van der Waals surface area contributed by atoms with E-state index in [1.54, 1.807) is 18.2 Å². The first kappa shape index (κ1) is 20.8. The fourth-order valence-electron chi connectivity index (χ4n) is 3.57. The number of aromatic nitrogens is 1. The van der Waals surface area contributed by atoms with E-state index in [9.17, 15) is 9.90 Å². The van der Waals surface area contributed by atoms with Crippen molar-refractivity contribution < 1.29 is 9.90 Å². The van der Waals surface area contributed by atoms with Crippen LogP contribution in [-0.2, 0) is 6.54 Å². The van der Waals surface area contributed by atoms with E-state index >= 15 is 0 Å². The van der Waals surface area contributed by atoms with E-state index < -0.39 is 5.24 Å². The van der Waals surface area contributed by atoms with Gasteiger partial charge in [0.25, 0.3) is 5.24 Å². The largest absolute Gasteiger partial charge is 0.494 e. The molecule has 0 aliphatic rings. The first-order valence-corrected chi connectivity index (χ1v) is 10.2. The molecule has 5 nitrogen and oxygen atoms in total. The van der Waals surface area contributed by atoms with Gasteiger partial charge in [-0.05, 0) is 61.6 Å². The van der Waals surface area contributed by atoms with E-state index in [2.05, 4.69) is 9.88 Å². The van der Waals surface area contributed by atoms with Crippen LogP contribution in [0.25, 0.3) is 10.9 Å². The molecule has 0 aliphatic carbocycles. The zero-order chi connectivity index (χ0) is 22.0. The van der Waals surface area contributed by atoms with Crippen LogP contribution in [0.3, 0.4) is 0 Å². The van der Waals surface area contributed by atoms with E-state index in [4.69, 9.17) is 16.6 Å². The maximum atomic E-state index is 11.7. The molecule has 3 aromatic carbocycles. The summed E-state index contributed by atoms with van der Waals surface area (Å²) in [5.41, 5.74) is 4.97. The summed E-state index contributed by atoms with van der Waals surface area (Å²) in [7, 11) is 4.05. The highest BCUT2D eigenvalue weighted by Crippen LogP contribution is 2.32. The molecule has 6 heteroatoms. The number of carbonyl (C=O) groups is 1. The average molecular weight is 432 g/mol. The van der Waals surface area contributed by atoms with E-state index in [0.717, 1.165) is 17.8 Å². The van der Waals surface area contributed by atoms with Gasteiger partial charge in [0.2, 0.25) is 0 Å². The second-order valence-electron chi connectivity index (χ2n) is 7.61. The van der Waals surface area contributed by atoms with E-state index in [0.29, 0.717) is 27.7 Å². The maximum Gasteiger partial charge on any atom is 0.252 e. The summed E-state index contributed by atoms with van der Waals surface area (Å²) in [4.78, 5) is 21.7. The number of benzene rings is 3. The summed E-state index contributed by atoms with van der Waals surface area (Å²) < 4.78 is 0. The molecular formula is C25H22ClN3O2. The molecule has 31 heavy (non-hydrogen) atoms. The molecule has 0 aliphatic heterocycles. The molecule has 0 fully saturated rings. The van der Waals surface area contributed by atoms with Crippen LogP contribution in [0.4, 0.5) is 5.69 Å². The number of nitrogens with one attached hydrogen (secondary N) is 1. The molecule has 1 aromatic heterocycles. The number of aliphatic imine (C=N–C) groups is 1. The van der Waals surface area contributed by atoms with Gasteiger partial charge >= 0.3 is 0 Å². The summed E-state index contributed by atoms with van der Waals surface area (Å²) in [6.45, 7) is 0.841. The number of H-pyrrole nitrogens is 1. The minimum absolute atomic E-state index is 0.0130. The van der Waals surface area contributed by atoms with Crippen molar-refractivity contribution in [2.75, 3.05) is 14.1 Å². The molecule has 0 bridgehead atoms. The summed E-state index contributed by atoms with van der Waals surface area (Å²) in [5, 5.41) is 10.9. The van der Waals surface area contributed by atoms with Crippen LogP contribution >= 0.6 is 11.6 Å². The van der Waals surface area contributed by atoms with Crippen molar-refractivity contribution >= 4 is 39.1 Å². The predicted octanol–water partition coefficient (Wildman–Crippen LogP) is 5.48. The minimum Gasteiger partial charge on any atom is -0.494 e. The molecule has 0 atom stereocenters. The van der Waals surface area contributed by atoms with Crippen molar-refractivity contribution in [3.05, 3.63) is 95.1 Å². The molecule has 0 spiro atoms. The molecule has 4 aromatic rings. The Hall–Kier alpha value is -3.41. The lowest BCUT2D eigenvalue weighted by atomic mass is 10.00. The number of hydrogen-bond acceptors (Lipinski definition) is 4. The highest BCUT2D eigenvalue weighted by Gasteiger charge is 2.19. The van der Waals surface area contributed by atoms with Gasteiger partial charge in [-0.2, -0.15) is 0 Å². The lowest BCUT2D eigenvalue weighted by molar-refractivity contribution is 0.108. The highest BCUT2D eigenvalue weighted by molar-refractivity contribution is 6.67. The Balaban J connectivity index is 1.89. The Morgan fingerprint density at radius 1 is 1.00 bits per heavy atom. The number of rotatable bonds is 6. The first-order valence-electron chi connectivity index (χ1n) is 9.85. The molecule has 0 radical (unpaired) electrons. The van der Waals surface area contributed by atoms with Crippen LogP contribution in [-0.4, -0.2) is 40.0 Å². The zero-order valence-electron chi connectivity index (χ0n) is 17.3. The average Bonchev–Trinajstić information content (AvgIpc) is 3.08. The second-order valence-corrected chi connectivity index (χ2v) is 7.96. The van der Waals surface area contributed by atoms with Crippen LogP contribution in [0.1, 0.15) is 27.0 Å². The van der Waals surface area contributed by atoms with Crippen molar-refractivity contribution in [2.24, 2.45) is 4.99 Å². The quantitative estimate of drug-likeness (QED) is 0.313. The fraction of sp³-hybridized carbons (Fsp3) is 0.120. The third-order valence-corrected chi connectivity index (χ3v) is 5.18. The van der Waals surface area contributed by atoms with Gasteiger partial charge in [0.1, 0.15) is 0 Å². The van der Waals surface area contributed by atoms with Crippen molar-refractivity contribution in [1.29, 1.82) is 0 Å². The molecule has 0 amide bonds. The van der Waals surface area contributed by atoms with Crippen molar-refractivity contribution in [3.63, 3.8) is 0 Å². The molecule has 0 unspecified atom stereocenters. The molecule has 0 saturated carbocycles. The van der Waals surface area contributed by atoms with Gasteiger partial charge in [-0.25, -0.2) is 4.99 Å². The van der Waals surface area contributed by atoms with E-state index in [-0.39, 0.29) is 5.88 Å². The monoisotopic (exact) mass is 431 g/mol. The Bertz CT molecular complexity index is 1260. The Kier molecular flexibility index (Phi) is 5.89. The third-order valence-electron chi connectivity index (χ3n) is 4.97. The predicted molar refractivity (Wildman–Crippen MR) is 126 cm³/mol. The lowest BCUT2D eigenvalue weighted by Crippen LogP contribution is -2.10. The highest BCUT2D eigenvalue weighted by atomic mass is 35.5. The number of carbonyl (C=O) groups excluding carboxylic acids is 1. The number of aromatic amines is 1. The van der Waals surface area contributed by atoms with Crippen LogP contribution < -0.4 is 0 Å². The number of aromatic hydroxyl groups is 1. The van der Waals surface area contributed by atoms with Gasteiger partial charge in [0, 0.05) is 28.6 Å². The Morgan fingerprint density at radius 3 is 2.35 bits per heavy atom. The van der Waals surface area contributed by atoms with Gasteiger partial charge in [-0.3, -0.25) is 4.79 Å². The molecule has 156 valence electrons. The first-order chi connectivity index (χ1) is 14.9. The van der Waals surface area contributed by atoms with E-state index in [1.807, 2.05) is 68.7 Å². The van der Waals surface area contributed by atoms with Gasteiger partial charge < -0.3 is 15.0 Å². The van der Waals surface area contributed by atoms with Crippen molar-refractivity contribution in [3.8, 4) is 5.88 Å². The van der Waals surface area contributed by atoms with E-state index in [1.165, 1.54) is 5.56 Å². The van der Waals surface area contributed by atoms with Crippen LogP contribution in [0.5, 0.6) is 5.88 Å². The van der Waals surface area contributed by atoms with Gasteiger partial charge in [0.05, 0.1) is 17.0 Å². The maximum absolute atomic E-state index is 11.7. The normalized spacial score (nSPS) is 11.9. The van der Waals surface area contributed by atoms with Gasteiger partial charge in [0.15, 0.2) is 5.88 Å². The molecule has 1 heterocycles. The van der Waals surface area contributed by atoms with Gasteiger partial charge in [-0.15, -0.1) is 0 Å². The molecular weight excluding hydrogens is 410 g/mol. The number of hydrogen-bond donors (Lipinski definition) is 2. The van der Waals surface area contributed by atoms with Crippen LogP contribution in [0, 0.1) is 0 Å². The van der Waals surface area contributed by atoms with Crippen molar-refractivity contribution in [2.45, 2.75) is 6.54 Å². The standard InChI is InChI=1S/C25H22ClN3O2/c1-29(2)15-16-8-11-19(12-9-16)27-23(17-6-4-3-5-7-17)22-20-14-18(24(26)30)10-13-21(20)28-25(22)31/h3-14,28,31H,15H2,1-2H3. The van der Waals surface area contributed by atoms with Crippen LogP contribution in [0.15, 0.2) is 77.8 Å². The number of fused-ring (bicyclic) bond motifs is 1. The van der Waals surface area contributed by atoms with Crippen molar-refractivity contribution in [1.82, 2.24) is 9.88 Å². The smallest absolute Gasteiger partial charge is 0.252 e. The summed E-state index contributed by atoms with van der Waals surface area (Å²) in [5.74, 6) is -0.0130. The third kappa shape index (κ3) is 4.53. The zero-order valence-corrected chi connectivity index (χ0v) is 18.0. The SMILES string of the molecule is CN(C)Cc1ccc(N=C(c2ccccc2)c2c(O)[nH]c3ccc(C(=O)Cl)cc23)cc1. The summed E-state index contributed by atoms with van der Waals surface area (Å²) in [6, 6.07) is 22.7. The fourth-order valence-corrected chi connectivity index (χ4v) is 3.69. The molecule has 0 saturated heterocycles. The second kappa shape index (κ2) is 8.76. The topological polar surface area (TPSA) is 68.7 Å². The Morgan fingerprint density at radius 2 is 1.71 bits per heavy atom. The van der Waals surface area contributed by atoms with Gasteiger partial charge in [-0.1, -0.05) is 42.5 Å². The molecule has 4 rings (SSSR count). The summed E-state index contributed by atoms with van der Waals surface area (Å²) >= 11 is 5.69. The number of nitrogens with zero attached hydrogens (tertiary/aromatic N) is 2. The summed E-state index contributed by atoms with van der Waals surface area (Å²) in [6.07, 6.45) is 0. The minimum atomic E-state index is -0.553. The number of halogens is 1. The lowest BCUT2D eigenvalue weighted by Gasteiger charge is -2.10. The van der Waals surface area contributed by atoms with Crippen LogP contribution in [0.2, 0.25) is 0 Å². The Labute approximate surface area is 185 Å².